The fourth-order valence-corrected chi connectivity index (χ4v) is 3.33. The number of ether oxygens (including phenoxy) is 1. The molecule has 2 heterocycles. The van der Waals surface area contributed by atoms with Crippen LogP contribution in [0, 0.1) is 0 Å². The zero-order valence-electron chi connectivity index (χ0n) is 12.6. The van der Waals surface area contributed by atoms with Crippen LogP contribution >= 0.6 is 11.3 Å². The fourth-order valence-electron chi connectivity index (χ4n) is 1.81. The Balaban J connectivity index is 2.06. The topological polar surface area (TPSA) is 167 Å². The first-order chi connectivity index (χ1) is 11.8. The molecular weight excluding hydrogens is 370 g/mol. The maximum Gasteiger partial charge on any atom is 0.304 e. The molecule has 0 aliphatic rings. The van der Waals surface area contributed by atoms with Crippen LogP contribution in [0.2, 0.25) is 0 Å². The van der Waals surface area contributed by atoms with Crippen molar-refractivity contribution < 1.29 is 13.2 Å². The minimum atomic E-state index is -4.05. The van der Waals surface area contributed by atoms with E-state index in [4.69, 9.17) is 15.6 Å². The number of methoxy groups -OCH3 is 1. The number of benzene rings is 1. The average molecular weight is 381 g/mol. The average Bonchev–Trinajstić information content (AvgIpc) is 2.99. The lowest BCUT2D eigenvalue weighted by atomic mass is 10.3. The van der Waals surface area contributed by atoms with E-state index < -0.39 is 19.9 Å². The molecular formula is C12H11N7O4S2. The van der Waals surface area contributed by atoms with Crippen molar-refractivity contribution >= 4 is 43.5 Å². The first-order valence-corrected chi connectivity index (χ1v) is 8.94. The number of nitrogen functional groups attached to an aromatic ring is 1. The molecule has 0 unspecified atom stereocenters. The lowest BCUT2D eigenvalue weighted by Crippen LogP contribution is -2.14. The molecule has 0 fully saturated rings. The smallest absolute Gasteiger partial charge is 0.304 e. The minimum absolute atomic E-state index is 0.0186. The predicted molar refractivity (Wildman–Crippen MR) is 90.1 cm³/mol. The standard InChI is InChI=1S/C12H11N7O4S2/c1-23-7-4-2-6(3-5-7)16-17-8-9(13)19-11(15-10(8)20)24-12(18-19)25(14,21)22/h2-5H,13H2,1H3,(H2,14,21,22). The van der Waals surface area contributed by atoms with Gasteiger partial charge in [0.2, 0.25) is 9.30 Å². The van der Waals surface area contributed by atoms with E-state index in [2.05, 4.69) is 20.3 Å². The van der Waals surface area contributed by atoms with Crippen molar-refractivity contribution in [2.45, 2.75) is 4.34 Å². The number of fused-ring (bicyclic) bond motifs is 1. The summed E-state index contributed by atoms with van der Waals surface area (Å²) in [6.45, 7) is 0. The second kappa shape index (κ2) is 6.19. The lowest BCUT2D eigenvalue weighted by molar-refractivity contribution is 0.415. The van der Waals surface area contributed by atoms with E-state index in [9.17, 15) is 13.2 Å². The van der Waals surface area contributed by atoms with Gasteiger partial charge in [0, 0.05) is 0 Å². The maximum absolute atomic E-state index is 12.1. The van der Waals surface area contributed by atoms with Gasteiger partial charge in [0.05, 0.1) is 12.8 Å². The van der Waals surface area contributed by atoms with E-state index in [-0.39, 0.29) is 16.5 Å². The van der Waals surface area contributed by atoms with Gasteiger partial charge in [0.25, 0.3) is 10.0 Å². The molecule has 130 valence electrons. The quantitative estimate of drug-likeness (QED) is 0.630. The highest BCUT2D eigenvalue weighted by Gasteiger charge is 2.19. The van der Waals surface area contributed by atoms with Gasteiger partial charge in [-0.25, -0.2) is 13.6 Å². The van der Waals surface area contributed by atoms with Crippen molar-refractivity contribution in [3.8, 4) is 5.75 Å². The summed E-state index contributed by atoms with van der Waals surface area (Å²) >= 11 is 0.621. The Labute approximate surface area is 144 Å². The third-order valence-electron chi connectivity index (χ3n) is 2.99. The van der Waals surface area contributed by atoms with Crippen LogP contribution in [-0.2, 0) is 10.0 Å². The van der Waals surface area contributed by atoms with Crippen molar-refractivity contribution in [2.24, 2.45) is 15.4 Å². The highest BCUT2D eigenvalue weighted by Crippen LogP contribution is 2.25. The molecule has 3 aromatic rings. The van der Waals surface area contributed by atoms with Gasteiger partial charge in [-0.2, -0.15) is 14.6 Å². The van der Waals surface area contributed by atoms with Gasteiger partial charge in [-0.05, 0) is 24.3 Å². The molecule has 1 aromatic carbocycles. The van der Waals surface area contributed by atoms with Crippen LogP contribution in [0.3, 0.4) is 0 Å². The van der Waals surface area contributed by atoms with Gasteiger partial charge in [0.15, 0.2) is 11.5 Å². The minimum Gasteiger partial charge on any atom is -0.497 e. The monoisotopic (exact) mass is 381 g/mol. The Kier molecular flexibility index (Phi) is 4.20. The molecule has 0 radical (unpaired) electrons. The number of nitrogens with zero attached hydrogens (tertiary/aromatic N) is 5. The van der Waals surface area contributed by atoms with E-state index in [0.717, 1.165) is 4.52 Å². The molecule has 2 aromatic heterocycles. The summed E-state index contributed by atoms with van der Waals surface area (Å²) in [5.41, 5.74) is 5.27. The van der Waals surface area contributed by atoms with Crippen molar-refractivity contribution in [1.29, 1.82) is 0 Å². The third-order valence-corrected chi connectivity index (χ3v) is 5.21. The summed E-state index contributed by atoms with van der Waals surface area (Å²) in [4.78, 5) is 15.7. The Morgan fingerprint density at radius 2 is 1.92 bits per heavy atom. The number of sulfonamides is 1. The largest absolute Gasteiger partial charge is 0.497 e. The fraction of sp³-hybridized carbons (Fsp3) is 0.0833. The lowest BCUT2D eigenvalue weighted by Gasteiger charge is -2.00. The molecule has 4 N–H and O–H groups in total. The number of hydrogen-bond donors (Lipinski definition) is 2. The van der Waals surface area contributed by atoms with Gasteiger partial charge in [0.1, 0.15) is 5.75 Å². The highest BCUT2D eigenvalue weighted by atomic mass is 32.2. The zero-order valence-corrected chi connectivity index (χ0v) is 14.3. The number of aromatic nitrogens is 3. The first kappa shape index (κ1) is 16.9. The molecule has 0 saturated heterocycles. The molecule has 13 heteroatoms. The molecule has 0 atom stereocenters. The van der Waals surface area contributed by atoms with Crippen LogP contribution < -0.4 is 21.2 Å². The van der Waals surface area contributed by atoms with Crippen molar-refractivity contribution in [3.63, 3.8) is 0 Å². The second-order valence-corrected chi connectivity index (χ2v) is 7.35. The Bertz CT molecular complexity index is 1130. The van der Waals surface area contributed by atoms with E-state index in [1.54, 1.807) is 24.3 Å². The molecule has 3 rings (SSSR count). The molecule has 0 spiro atoms. The second-order valence-electron chi connectivity index (χ2n) is 4.66. The number of rotatable bonds is 4. The zero-order chi connectivity index (χ0) is 18.2. The van der Waals surface area contributed by atoms with Crippen LogP contribution in [0.25, 0.3) is 4.96 Å². The molecule has 0 saturated carbocycles. The molecule has 0 amide bonds. The van der Waals surface area contributed by atoms with Crippen molar-refractivity contribution in [1.82, 2.24) is 14.6 Å². The summed E-state index contributed by atoms with van der Waals surface area (Å²) in [5.74, 6) is 0.443. The third kappa shape index (κ3) is 3.33. The van der Waals surface area contributed by atoms with E-state index in [0.29, 0.717) is 22.8 Å². The van der Waals surface area contributed by atoms with E-state index >= 15 is 0 Å². The van der Waals surface area contributed by atoms with Gasteiger partial charge >= 0.3 is 5.56 Å². The number of primary sulfonamides is 1. The number of anilines is 1. The summed E-state index contributed by atoms with van der Waals surface area (Å²) < 4.78 is 28.3. The highest BCUT2D eigenvalue weighted by molar-refractivity contribution is 7.91. The Hall–Kier alpha value is -2.90. The maximum atomic E-state index is 12.1. The van der Waals surface area contributed by atoms with Crippen LogP contribution in [-0.4, -0.2) is 30.1 Å². The van der Waals surface area contributed by atoms with Gasteiger partial charge in [-0.1, -0.05) is 11.3 Å². The van der Waals surface area contributed by atoms with E-state index in [1.807, 2.05) is 0 Å². The SMILES string of the molecule is COc1ccc(N=Nc2c(N)n3nc(S(N)(=O)=O)sc3nc2=O)cc1. The summed E-state index contributed by atoms with van der Waals surface area (Å²) in [6.07, 6.45) is 0. The van der Waals surface area contributed by atoms with Crippen LogP contribution in [0.1, 0.15) is 0 Å². The van der Waals surface area contributed by atoms with Crippen LogP contribution in [0.15, 0.2) is 43.6 Å². The van der Waals surface area contributed by atoms with Gasteiger partial charge < -0.3 is 10.5 Å². The Morgan fingerprint density at radius 3 is 2.52 bits per heavy atom. The summed E-state index contributed by atoms with van der Waals surface area (Å²) in [5, 5.41) is 16.5. The summed E-state index contributed by atoms with van der Waals surface area (Å²) in [7, 11) is -2.52. The molecule has 25 heavy (non-hydrogen) atoms. The molecule has 0 aliphatic carbocycles. The molecule has 0 bridgehead atoms. The predicted octanol–water partition coefficient (Wildman–Crippen LogP) is 0.805. The summed E-state index contributed by atoms with van der Waals surface area (Å²) in [6, 6.07) is 6.60. The normalized spacial score (nSPS) is 12.1. The van der Waals surface area contributed by atoms with Crippen molar-refractivity contribution in [3.05, 3.63) is 34.6 Å². The molecule has 11 nitrogen and oxygen atoms in total. The number of hydrogen-bond acceptors (Lipinski definition) is 10. The Morgan fingerprint density at radius 1 is 1.24 bits per heavy atom. The number of nitrogens with two attached hydrogens (primary N) is 2. The van der Waals surface area contributed by atoms with Crippen molar-refractivity contribution in [2.75, 3.05) is 12.8 Å². The van der Waals surface area contributed by atoms with Crippen LogP contribution in [0.5, 0.6) is 5.75 Å². The first-order valence-electron chi connectivity index (χ1n) is 6.57. The van der Waals surface area contributed by atoms with Gasteiger partial charge in [-0.15, -0.1) is 10.2 Å². The van der Waals surface area contributed by atoms with E-state index in [1.165, 1.54) is 7.11 Å². The molecule has 0 aliphatic heterocycles. The number of azo groups is 1. The van der Waals surface area contributed by atoms with Gasteiger partial charge in [-0.3, -0.25) is 4.79 Å². The van der Waals surface area contributed by atoms with Crippen LogP contribution in [0.4, 0.5) is 17.2 Å².